The maximum absolute atomic E-state index is 13.5. The summed E-state index contributed by atoms with van der Waals surface area (Å²) in [6, 6.07) is 1.19. The van der Waals surface area contributed by atoms with E-state index in [4.69, 9.17) is 5.11 Å². The lowest BCUT2D eigenvalue weighted by Crippen LogP contribution is -2.17. The third-order valence-electron chi connectivity index (χ3n) is 2.12. The number of carboxylic acid groups (broad SMARTS) is 1. The summed E-state index contributed by atoms with van der Waals surface area (Å²) in [7, 11) is 0. The van der Waals surface area contributed by atoms with Crippen molar-refractivity contribution < 1.29 is 14.3 Å². The van der Waals surface area contributed by atoms with Crippen LogP contribution >= 0.6 is 0 Å². The fourth-order valence-corrected chi connectivity index (χ4v) is 1.04. The number of anilines is 1. The third-order valence-corrected chi connectivity index (χ3v) is 2.12. The van der Waals surface area contributed by atoms with Crippen LogP contribution in [0.4, 0.5) is 10.2 Å². The Morgan fingerprint density at radius 1 is 1.73 bits per heavy atom. The quantitative estimate of drug-likeness (QED) is 0.802. The first-order chi connectivity index (χ1) is 7.06. The Kier molecular flexibility index (Phi) is 3.60. The molecule has 0 bridgehead atoms. The predicted molar refractivity (Wildman–Crippen MR) is 54.5 cm³/mol. The van der Waals surface area contributed by atoms with Gasteiger partial charge in [-0.3, -0.25) is 0 Å². The van der Waals surface area contributed by atoms with Gasteiger partial charge < -0.3 is 10.4 Å². The fraction of sp³-hybridized carbons (Fsp3) is 0.400. The molecule has 0 spiro atoms. The Balaban J connectivity index is 2.99. The monoisotopic (exact) mass is 212 g/mol. The molecular weight excluding hydrogens is 199 g/mol. The first-order valence-corrected chi connectivity index (χ1v) is 4.70. The zero-order valence-corrected chi connectivity index (χ0v) is 8.62. The molecule has 0 aliphatic heterocycles. The van der Waals surface area contributed by atoms with Gasteiger partial charge in [0.15, 0.2) is 11.6 Å². The van der Waals surface area contributed by atoms with Crippen molar-refractivity contribution in [1.29, 1.82) is 0 Å². The number of hydrogen-bond donors (Lipinski definition) is 2. The van der Waals surface area contributed by atoms with Crippen molar-refractivity contribution in [3.63, 3.8) is 0 Å². The van der Waals surface area contributed by atoms with Gasteiger partial charge in [0.05, 0.1) is 0 Å². The van der Waals surface area contributed by atoms with Gasteiger partial charge in [-0.25, -0.2) is 14.2 Å². The van der Waals surface area contributed by atoms with Crippen molar-refractivity contribution in [3.05, 3.63) is 23.6 Å². The molecule has 1 heterocycles. The lowest BCUT2D eigenvalue weighted by atomic mass is 10.2. The number of nitrogens with zero attached hydrogens (tertiary/aromatic N) is 1. The molecule has 0 aliphatic rings. The van der Waals surface area contributed by atoms with Crippen LogP contribution in [0.3, 0.4) is 0 Å². The fourth-order valence-electron chi connectivity index (χ4n) is 1.04. The number of halogens is 1. The minimum atomic E-state index is -1.29. The number of nitrogens with one attached hydrogen (secondary N) is 1. The maximum Gasteiger partial charge on any atom is 0.338 e. The number of rotatable bonds is 4. The molecule has 2 N–H and O–H groups in total. The van der Waals surface area contributed by atoms with Gasteiger partial charge in [0, 0.05) is 12.2 Å². The largest absolute Gasteiger partial charge is 0.478 e. The average molecular weight is 212 g/mol. The molecular formula is C10H13FN2O2. The van der Waals surface area contributed by atoms with Crippen molar-refractivity contribution in [2.75, 3.05) is 5.32 Å². The molecule has 1 atom stereocenters. The smallest absolute Gasteiger partial charge is 0.338 e. The van der Waals surface area contributed by atoms with Crippen LogP contribution in [-0.4, -0.2) is 22.1 Å². The van der Waals surface area contributed by atoms with Gasteiger partial charge in [-0.2, -0.15) is 0 Å². The highest BCUT2D eigenvalue weighted by atomic mass is 19.1. The van der Waals surface area contributed by atoms with Crippen LogP contribution < -0.4 is 5.32 Å². The molecule has 0 amide bonds. The number of carboxylic acids is 1. The zero-order chi connectivity index (χ0) is 11.4. The number of aromatic nitrogens is 1. The Hall–Kier alpha value is -1.65. The molecule has 1 aromatic rings. The summed E-state index contributed by atoms with van der Waals surface area (Å²) in [4.78, 5) is 14.4. The molecule has 0 saturated carbocycles. The summed E-state index contributed by atoms with van der Waals surface area (Å²) in [6.45, 7) is 3.81. The highest BCUT2D eigenvalue weighted by Crippen LogP contribution is 2.16. The summed E-state index contributed by atoms with van der Waals surface area (Å²) in [5.41, 5.74) is -0.365. The van der Waals surface area contributed by atoms with Crippen LogP contribution in [0.25, 0.3) is 0 Å². The molecule has 1 aromatic heterocycles. The molecule has 0 radical (unpaired) electrons. The van der Waals surface area contributed by atoms with Gasteiger partial charge in [0.25, 0.3) is 0 Å². The van der Waals surface area contributed by atoms with E-state index in [1.165, 1.54) is 6.20 Å². The SMILES string of the molecule is CCC(C)Nc1nccc(C(=O)O)c1F. The normalized spacial score (nSPS) is 12.2. The zero-order valence-electron chi connectivity index (χ0n) is 8.62. The summed E-state index contributed by atoms with van der Waals surface area (Å²) >= 11 is 0. The standard InChI is InChI=1S/C10H13FN2O2/c1-3-6(2)13-9-8(11)7(10(14)15)4-5-12-9/h4-6H,3H2,1-2H3,(H,12,13)(H,14,15). The van der Waals surface area contributed by atoms with Crippen molar-refractivity contribution in [2.45, 2.75) is 26.3 Å². The highest BCUT2D eigenvalue weighted by molar-refractivity contribution is 5.88. The lowest BCUT2D eigenvalue weighted by Gasteiger charge is -2.13. The minimum Gasteiger partial charge on any atom is -0.478 e. The van der Waals surface area contributed by atoms with Crippen LogP contribution in [0.2, 0.25) is 0 Å². The average Bonchev–Trinajstić information content (AvgIpc) is 2.20. The summed E-state index contributed by atoms with van der Waals surface area (Å²) in [5.74, 6) is -2.11. The van der Waals surface area contributed by atoms with E-state index in [1.807, 2.05) is 13.8 Å². The van der Waals surface area contributed by atoms with Gasteiger partial charge in [0.2, 0.25) is 0 Å². The molecule has 0 fully saturated rings. The van der Waals surface area contributed by atoms with Gasteiger partial charge >= 0.3 is 5.97 Å². The Bertz CT molecular complexity index is 368. The van der Waals surface area contributed by atoms with Crippen LogP contribution in [0.15, 0.2) is 12.3 Å². The van der Waals surface area contributed by atoms with E-state index in [1.54, 1.807) is 0 Å². The van der Waals surface area contributed by atoms with E-state index < -0.39 is 11.8 Å². The Labute approximate surface area is 87.1 Å². The molecule has 15 heavy (non-hydrogen) atoms. The highest BCUT2D eigenvalue weighted by Gasteiger charge is 2.15. The molecule has 4 nitrogen and oxygen atoms in total. The summed E-state index contributed by atoms with van der Waals surface area (Å²) < 4.78 is 13.5. The topological polar surface area (TPSA) is 62.2 Å². The van der Waals surface area contributed by atoms with Gasteiger partial charge in [-0.05, 0) is 19.4 Å². The molecule has 0 saturated heterocycles. The molecule has 1 unspecified atom stereocenters. The summed E-state index contributed by atoms with van der Waals surface area (Å²) in [6.07, 6.45) is 2.08. The maximum atomic E-state index is 13.5. The van der Waals surface area contributed by atoms with E-state index in [9.17, 15) is 9.18 Å². The molecule has 5 heteroatoms. The molecule has 0 aliphatic carbocycles. The molecule has 0 aromatic carbocycles. The second-order valence-electron chi connectivity index (χ2n) is 3.28. The minimum absolute atomic E-state index is 0.00995. The van der Waals surface area contributed by atoms with E-state index >= 15 is 0 Å². The molecule has 1 rings (SSSR count). The van der Waals surface area contributed by atoms with Crippen molar-refractivity contribution in [3.8, 4) is 0 Å². The van der Waals surface area contributed by atoms with Gasteiger partial charge in [-0.1, -0.05) is 6.92 Å². The van der Waals surface area contributed by atoms with E-state index in [2.05, 4.69) is 10.3 Å². The van der Waals surface area contributed by atoms with Crippen LogP contribution in [0.5, 0.6) is 0 Å². The van der Waals surface area contributed by atoms with E-state index in [-0.39, 0.29) is 17.4 Å². The predicted octanol–water partition coefficient (Wildman–Crippen LogP) is 2.13. The van der Waals surface area contributed by atoms with Crippen LogP contribution in [0, 0.1) is 5.82 Å². The van der Waals surface area contributed by atoms with Crippen molar-refractivity contribution in [2.24, 2.45) is 0 Å². The third kappa shape index (κ3) is 2.65. The Morgan fingerprint density at radius 3 is 2.93 bits per heavy atom. The summed E-state index contributed by atoms with van der Waals surface area (Å²) in [5, 5.41) is 11.5. The number of aromatic carboxylic acids is 1. The second kappa shape index (κ2) is 4.72. The Morgan fingerprint density at radius 2 is 2.40 bits per heavy atom. The van der Waals surface area contributed by atoms with Gasteiger partial charge in [-0.15, -0.1) is 0 Å². The van der Waals surface area contributed by atoms with Crippen LogP contribution in [0.1, 0.15) is 30.6 Å². The lowest BCUT2D eigenvalue weighted by molar-refractivity contribution is 0.0692. The van der Waals surface area contributed by atoms with E-state index in [0.717, 1.165) is 12.5 Å². The molecule has 82 valence electrons. The number of carbonyl (C=O) groups is 1. The van der Waals surface area contributed by atoms with Crippen LogP contribution in [-0.2, 0) is 0 Å². The first kappa shape index (κ1) is 11.4. The van der Waals surface area contributed by atoms with Crippen molar-refractivity contribution in [1.82, 2.24) is 4.98 Å². The van der Waals surface area contributed by atoms with Crippen molar-refractivity contribution >= 4 is 11.8 Å². The van der Waals surface area contributed by atoms with E-state index in [0.29, 0.717) is 0 Å². The van der Waals surface area contributed by atoms with Gasteiger partial charge in [0.1, 0.15) is 5.56 Å². The number of hydrogen-bond acceptors (Lipinski definition) is 3. The second-order valence-corrected chi connectivity index (χ2v) is 3.28. The first-order valence-electron chi connectivity index (χ1n) is 4.70. The number of pyridine rings is 1.